The summed E-state index contributed by atoms with van der Waals surface area (Å²) in [4.78, 5) is 12.2. The summed E-state index contributed by atoms with van der Waals surface area (Å²) in [6.45, 7) is 4.91. The van der Waals surface area contributed by atoms with Gasteiger partial charge >= 0.3 is 0 Å². The first-order chi connectivity index (χ1) is 9.60. The lowest BCUT2D eigenvalue weighted by molar-refractivity contribution is 0.102. The third-order valence-corrected chi connectivity index (χ3v) is 3.43. The molecule has 0 saturated heterocycles. The zero-order chi connectivity index (χ0) is 14.5. The van der Waals surface area contributed by atoms with Crippen LogP contribution in [0.4, 0.5) is 11.4 Å². The van der Waals surface area contributed by atoms with Crippen molar-refractivity contribution < 1.29 is 4.79 Å². The largest absolute Gasteiger partial charge is 0.385 e. The van der Waals surface area contributed by atoms with Gasteiger partial charge in [-0.25, -0.2) is 0 Å². The lowest BCUT2D eigenvalue weighted by Crippen LogP contribution is -2.12. The van der Waals surface area contributed by atoms with Crippen molar-refractivity contribution in [3.8, 4) is 0 Å². The first-order valence-corrected chi connectivity index (χ1v) is 7.31. The van der Waals surface area contributed by atoms with Crippen LogP contribution in [-0.2, 0) is 0 Å². The van der Waals surface area contributed by atoms with Crippen molar-refractivity contribution in [2.24, 2.45) is 0 Å². The van der Waals surface area contributed by atoms with E-state index in [0.29, 0.717) is 5.56 Å². The van der Waals surface area contributed by atoms with Crippen LogP contribution in [0.25, 0.3) is 0 Å². The fraction of sp³-hybridized carbons (Fsp3) is 0.188. The van der Waals surface area contributed by atoms with Gasteiger partial charge in [-0.2, -0.15) is 0 Å². The molecule has 2 rings (SSSR count). The zero-order valence-electron chi connectivity index (χ0n) is 11.5. The first-order valence-electron chi connectivity index (χ1n) is 6.51. The molecule has 1 amide bonds. The maximum Gasteiger partial charge on any atom is 0.255 e. The van der Waals surface area contributed by atoms with Gasteiger partial charge in [0.1, 0.15) is 0 Å². The summed E-state index contributed by atoms with van der Waals surface area (Å²) >= 11 is 3.39. The minimum absolute atomic E-state index is 0.103. The lowest BCUT2D eigenvalue weighted by atomic mass is 10.1. The van der Waals surface area contributed by atoms with E-state index < -0.39 is 0 Å². The topological polar surface area (TPSA) is 41.1 Å². The number of carbonyl (C=O) groups excluding carboxylic acids is 1. The van der Waals surface area contributed by atoms with Crippen molar-refractivity contribution in [1.29, 1.82) is 0 Å². The third-order valence-electron chi connectivity index (χ3n) is 2.94. The van der Waals surface area contributed by atoms with E-state index in [1.165, 1.54) is 0 Å². The van der Waals surface area contributed by atoms with Gasteiger partial charge in [-0.15, -0.1) is 0 Å². The second-order valence-electron chi connectivity index (χ2n) is 4.52. The molecular weight excluding hydrogens is 316 g/mol. The molecule has 2 N–H and O–H groups in total. The van der Waals surface area contributed by atoms with E-state index in [-0.39, 0.29) is 5.91 Å². The van der Waals surface area contributed by atoms with E-state index in [2.05, 4.69) is 26.6 Å². The Balaban J connectivity index is 2.15. The molecule has 0 aliphatic heterocycles. The average molecular weight is 333 g/mol. The molecule has 0 saturated carbocycles. The SMILES string of the molecule is CCNc1ccc(C(=O)Nc2cccc(Br)c2)cc1C. The molecule has 2 aromatic carbocycles. The van der Waals surface area contributed by atoms with Crippen molar-refractivity contribution in [3.63, 3.8) is 0 Å². The summed E-state index contributed by atoms with van der Waals surface area (Å²) in [5.41, 5.74) is 3.56. The smallest absolute Gasteiger partial charge is 0.255 e. The molecule has 0 aromatic heterocycles. The summed E-state index contributed by atoms with van der Waals surface area (Å²) in [6.07, 6.45) is 0. The van der Waals surface area contributed by atoms with Crippen LogP contribution >= 0.6 is 15.9 Å². The molecule has 20 heavy (non-hydrogen) atoms. The summed E-state index contributed by atoms with van der Waals surface area (Å²) in [5.74, 6) is -0.103. The predicted octanol–water partition coefficient (Wildman–Crippen LogP) is 4.44. The molecule has 4 heteroatoms. The van der Waals surface area contributed by atoms with E-state index in [0.717, 1.165) is 28.0 Å². The molecule has 0 bridgehead atoms. The van der Waals surface area contributed by atoms with Crippen molar-refractivity contribution in [2.75, 3.05) is 17.2 Å². The minimum Gasteiger partial charge on any atom is -0.385 e. The Morgan fingerprint density at radius 2 is 2.00 bits per heavy atom. The molecule has 0 heterocycles. The van der Waals surface area contributed by atoms with Gasteiger partial charge in [-0.05, 0) is 55.8 Å². The normalized spacial score (nSPS) is 10.2. The Hall–Kier alpha value is -1.81. The van der Waals surface area contributed by atoms with Gasteiger partial charge in [0.15, 0.2) is 0 Å². The molecule has 0 fully saturated rings. The first kappa shape index (κ1) is 14.6. The molecule has 3 nitrogen and oxygen atoms in total. The number of hydrogen-bond donors (Lipinski definition) is 2. The quantitative estimate of drug-likeness (QED) is 0.868. The standard InChI is InChI=1S/C16H17BrN2O/c1-3-18-15-8-7-12(9-11(15)2)16(20)19-14-6-4-5-13(17)10-14/h4-10,18H,3H2,1-2H3,(H,19,20). The monoisotopic (exact) mass is 332 g/mol. The Morgan fingerprint density at radius 3 is 2.65 bits per heavy atom. The number of anilines is 2. The molecule has 0 atom stereocenters. The van der Waals surface area contributed by atoms with Gasteiger partial charge in [0.25, 0.3) is 5.91 Å². The second kappa shape index (κ2) is 6.57. The molecule has 104 valence electrons. The lowest BCUT2D eigenvalue weighted by Gasteiger charge is -2.10. The Labute approximate surface area is 127 Å². The highest BCUT2D eigenvalue weighted by Crippen LogP contribution is 2.19. The zero-order valence-corrected chi connectivity index (χ0v) is 13.1. The molecule has 0 spiro atoms. The number of rotatable bonds is 4. The van der Waals surface area contributed by atoms with Gasteiger partial charge in [0.05, 0.1) is 0 Å². The summed E-state index contributed by atoms with van der Waals surface area (Å²) in [6, 6.07) is 13.2. The number of benzene rings is 2. The van der Waals surface area contributed by atoms with E-state index in [1.54, 1.807) is 0 Å². The van der Waals surface area contributed by atoms with Crippen LogP contribution in [0.2, 0.25) is 0 Å². The van der Waals surface area contributed by atoms with Gasteiger partial charge in [-0.3, -0.25) is 4.79 Å². The summed E-state index contributed by atoms with van der Waals surface area (Å²) in [5, 5.41) is 6.15. The highest BCUT2D eigenvalue weighted by molar-refractivity contribution is 9.10. The Morgan fingerprint density at radius 1 is 1.20 bits per heavy atom. The van der Waals surface area contributed by atoms with Crippen LogP contribution in [0.5, 0.6) is 0 Å². The van der Waals surface area contributed by atoms with Crippen molar-refractivity contribution >= 4 is 33.2 Å². The highest BCUT2D eigenvalue weighted by atomic mass is 79.9. The fourth-order valence-electron chi connectivity index (χ4n) is 1.96. The number of amides is 1. The summed E-state index contributed by atoms with van der Waals surface area (Å²) in [7, 11) is 0. The van der Waals surface area contributed by atoms with E-state index >= 15 is 0 Å². The van der Waals surface area contributed by atoms with Crippen LogP contribution in [0.3, 0.4) is 0 Å². The molecule has 0 unspecified atom stereocenters. The molecule has 0 aliphatic carbocycles. The Kier molecular flexibility index (Phi) is 4.79. The van der Waals surface area contributed by atoms with E-state index in [4.69, 9.17) is 0 Å². The highest BCUT2D eigenvalue weighted by Gasteiger charge is 2.08. The minimum atomic E-state index is -0.103. The van der Waals surface area contributed by atoms with E-state index in [1.807, 2.05) is 56.3 Å². The van der Waals surface area contributed by atoms with Crippen molar-refractivity contribution in [1.82, 2.24) is 0 Å². The summed E-state index contributed by atoms with van der Waals surface area (Å²) < 4.78 is 0.939. The molecule has 2 aromatic rings. The molecule has 0 aliphatic rings. The van der Waals surface area contributed by atoms with Crippen LogP contribution in [0, 0.1) is 6.92 Å². The van der Waals surface area contributed by atoms with Gasteiger partial charge in [0, 0.05) is 28.0 Å². The maximum atomic E-state index is 12.2. The number of hydrogen-bond acceptors (Lipinski definition) is 2. The fourth-order valence-corrected chi connectivity index (χ4v) is 2.36. The third kappa shape index (κ3) is 3.61. The van der Waals surface area contributed by atoms with Crippen LogP contribution in [0.1, 0.15) is 22.8 Å². The van der Waals surface area contributed by atoms with Crippen molar-refractivity contribution in [2.45, 2.75) is 13.8 Å². The van der Waals surface area contributed by atoms with Gasteiger partial charge < -0.3 is 10.6 Å². The van der Waals surface area contributed by atoms with Gasteiger partial charge in [0.2, 0.25) is 0 Å². The van der Waals surface area contributed by atoms with Crippen molar-refractivity contribution in [3.05, 3.63) is 58.1 Å². The second-order valence-corrected chi connectivity index (χ2v) is 5.44. The number of aryl methyl sites for hydroxylation is 1. The molecular formula is C16H17BrN2O. The predicted molar refractivity (Wildman–Crippen MR) is 87.4 cm³/mol. The van der Waals surface area contributed by atoms with Gasteiger partial charge in [-0.1, -0.05) is 22.0 Å². The maximum absolute atomic E-state index is 12.2. The van der Waals surface area contributed by atoms with Crippen LogP contribution in [-0.4, -0.2) is 12.5 Å². The average Bonchev–Trinajstić information content (AvgIpc) is 2.41. The van der Waals surface area contributed by atoms with Crippen LogP contribution in [0.15, 0.2) is 46.9 Å². The van der Waals surface area contributed by atoms with Crippen LogP contribution < -0.4 is 10.6 Å². The number of halogens is 1. The molecule has 0 radical (unpaired) electrons. The van der Waals surface area contributed by atoms with E-state index in [9.17, 15) is 4.79 Å². The number of carbonyl (C=O) groups is 1. The number of nitrogens with one attached hydrogen (secondary N) is 2. The Bertz CT molecular complexity index is 626.